The van der Waals surface area contributed by atoms with E-state index in [1.165, 1.54) is 29.2 Å². The number of hydrogen-bond donors (Lipinski definition) is 4. The maximum Gasteiger partial charge on any atom is 0.0313 e. The van der Waals surface area contributed by atoms with Crippen molar-refractivity contribution in [1.29, 1.82) is 0 Å². The normalized spacial score (nSPS) is 12.6. The molecule has 4 heteroatoms. The molecular weight excluding hydrogens is 296 g/mol. The topological polar surface area (TPSA) is 76.1 Å². The van der Waals surface area contributed by atoms with Crippen LogP contribution >= 0.6 is 0 Å². The molecule has 2 rings (SSSR count). The predicted molar refractivity (Wildman–Crippen MR) is 104 cm³/mol. The van der Waals surface area contributed by atoms with E-state index in [1.807, 2.05) is 0 Å². The van der Waals surface area contributed by atoms with Crippen molar-refractivity contribution < 1.29 is 0 Å². The molecule has 0 aliphatic carbocycles. The third-order valence-corrected chi connectivity index (χ3v) is 4.37. The largest absolute Gasteiger partial charge is 0.330 e. The van der Waals surface area contributed by atoms with Gasteiger partial charge in [0.25, 0.3) is 0 Å². The van der Waals surface area contributed by atoms with Gasteiger partial charge in [-0.15, -0.1) is 0 Å². The Morgan fingerprint density at radius 3 is 2.25 bits per heavy atom. The van der Waals surface area contributed by atoms with Crippen LogP contribution in [0.3, 0.4) is 0 Å². The molecule has 0 spiro atoms. The van der Waals surface area contributed by atoms with Crippen LogP contribution in [-0.4, -0.2) is 32.7 Å². The fourth-order valence-corrected chi connectivity index (χ4v) is 2.96. The standard InChI is InChI=1S/C20H32N4/c21-12-6-15-23-13-3-4-14-24-16-11-20(22)19-10-5-8-17-7-1-2-9-18(17)19/h1-2,5,7-10,20,23-24H,3-4,6,11-16,21-22H2. The second kappa shape index (κ2) is 11.2. The summed E-state index contributed by atoms with van der Waals surface area (Å²) in [6.45, 7) is 4.90. The maximum atomic E-state index is 6.41. The molecule has 0 bridgehead atoms. The SMILES string of the molecule is NCCCNCCCCNCCC(N)c1cccc2ccccc12. The Bertz CT molecular complexity index is 579. The first kappa shape index (κ1) is 18.9. The molecule has 132 valence electrons. The lowest BCUT2D eigenvalue weighted by Gasteiger charge is -2.15. The van der Waals surface area contributed by atoms with Crippen molar-refractivity contribution in [3.63, 3.8) is 0 Å². The fraction of sp³-hybridized carbons (Fsp3) is 0.500. The molecular formula is C20H32N4. The number of rotatable bonds is 12. The molecule has 2 aromatic rings. The molecule has 4 nitrogen and oxygen atoms in total. The molecule has 2 aromatic carbocycles. The Morgan fingerprint density at radius 1 is 0.792 bits per heavy atom. The van der Waals surface area contributed by atoms with E-state index in [0.29, 0.717) is 0 Å². The van der Waals surface area contributed by atoms with Crippen molar-refractivity contribution in [2.24, 2.45) is 11.5 Å². The van der Waals surface area contributed by atoms with Gasteiger partial charge in [-0.1, -0.05) is 42.5 Å². The summed E-state index contributed by atoms with van der Waals surface area (Å²) >= 11 is 0. The van der Waals surface area contributed by atoms with Crippen LogP contribution in [0.1, 0.15) is 37.3 Å². The first-order valence-electron chi connectivity index (χ1n) is 9.17. The highest BCUT2D eigenvalue weighted by molar-refractivity contribution is 5.86. The first-order valence-corrected chi connectivity index (χ1v) is 9.17. The quantitative estimate of drug-likeness (QED) is 0.452. The zero-order valence-electron chi connectivity index (χ0n) is 14.6. The molecule has 0 aliphatic rings. The van der Waals surface area contributed by atoms with E-state index < -0.39 is 0 Å². The minimum atomic E-state index is 0.0847. The molecule has 1 atom stereocenters. The van der Waals surface area contributed by atoms with Crippen molar-refractivity contribution in [3.8, 4) is 0 Å². The van der Waals surface area contributed by atoms with Crippen molar-refractivity contribution >= 4 is 10.8 Å². The van der Waals surface area contributed by atoms with Gasteiger partial charge in [-0.3, -0.25) is 0 Å². The van der Waals surface area contributed by atoms with Gasteiger partial charge < -0.3 is 22.1 Å². The Hall–Kier alpha value is -1.46. The number of nitrogens with one attached hydrogen (secondary N) is 2. The summed E-state index contributed by atoms with van der Waals surface area (Å²) in [5.41, 5.74) is 13.1. The Balaban J connectivity index is 1.62. The average Bonchev–Trinajstić information content (AvgIpc) is 2.62. The molecule has 0 aromatic heterocycles. The predicted octanol–water partition coefficient (Wildman–Crippen LogP) is 2.54. The smallest absolute Gasteiger partial charge is 0.0313 e. The van der Waals surface area contributed by atoms with E-state index in [1.54, 1.807) is 0 Å². The lowest BCUT2D eigenvalue weighted by atomic mass is 9.97. The van der Waals surface area contributed by atoms with Gasteiger partial charge >= 0.3 is 0 Å². The Labute approximate surface area is 146 Å². The molecule has 24 heavy (non-hydrogen) atoms. The lowest BCUT2D eigenvalue weighted by Crippen LogP contribution is -2.23. The van der Waals surface area contributed by atoms with Gasteiger partial charge in [-0.2, -0.15) is 0 Å². The summed E-state index contributed by atoms with van der Waals surface area (Å²) in [5, 5.41) is 9.45. The Morgan fingerprint density at radius 2 is 1.46 bits per heavy atom. The molecule has 0 heterocycles. The summed E-state index contributed by atoms with van der Waals surface area (Å²) in [5.74, 6) is 0. The molecule has 0 fully saturated rings. The van der Waals surface area contributed by atoms with E-state index in [-0.39, 0.29) is 6.04 Å². The second-order valence-electron chi connectivity index (χ2n) is 6.31. The zero-order chi connectivity index (χ0) is 17.0. The highest BCUT2D eigenvalue weighted by Gasteiger charge is 2.08. The highest BCUT2D eigenvalue weighted by atomic mass is 14.9. The van der Waals surface area contributed by atoms with Gasteiger partial charge in [0, 0.05) is 6.04 Å². The highest BCUT2D eigenvalue weighted by Crippen LogP contribution is 2.24. The molecule has 0 aliphatic heterocycles. The van der Waals surface area contributed by atoms with Crippen LogP contribution in [0.25, 0.3) is 10.8 Å². The number of benzene rings is 2. The van der Waals surface area contributed by atoms with Crippen LogP contribution in [0.15, 0.2) is 42.5 Å². The molecule has 0 saturated heterocycles. The first-order chi connectivity index (χ1) is 11.8. The molecule has 0 radical (unpaired) electrons. The van der Waals surface area contributed by atoms with E-state index >= 15 is 0 Å². The third kappa shape index (κ3) is 6.21. The van der Waals surface area contributed by atoms with Gasteiger partial charge in [0.15, 0.2) is 0 Å². The molecule has 0 saturated carbocycles. The van der Waals surface area contributed by atoms with Crippen molar-refractivity contribution in [2.45, 2.75) is 31.7 Å². The van der Waals surface area contributed by atoms with E-state index in [4.69, 9.17) is 11.5 Å². The van der Waals surface area contributed by atoms with Crippen molar-refractivity contribution in [1.82, 2.24) is 10.6 Å². The van der Waals surface area contributed by atoms with Crippen LogP contribution in [-0.2, 0) is 0 Å². The van der Waals surface area contributed by atoms with Crippen LogP contribution < -0.4 is 22.1 Å². The van der Waals surface area contributed by atoms with Crippen molar-refractivity contribution in [2.75, 3.05) is 32.7 Å². The number of hydrogen-bond acceptors (Lipinski definition) is 4. The summed E-state index contributed by atoms with van der Waals surface area (Å²) in [7, 11) is 0. The minimum Gasteiger partial charge on any atom is -0.330 e. The van der Waals surface area contributed by atoms with E-state index in [0.717, 1.165) is 45.6 Å². The van der Waals surface area contributed by atoms with Gasteiger partial charge in [0.1, 0.15) is 0 Å². The third-order valence-electron chi connectivity index (χ3n) is 4.37. The molecule has 6 N–H and O–H groups in total. The van der Waals surface area contributed by atoms with Crippen LogP contribution in [0.4, 0.5) is 0 Å². The van der Waals surface area contributed by atoms with Crippen LogP contribution in [0.2, 0.25) is 0 Å². The monoisotopic (exact) mass is 328 g/mol. The van der Waals surface area contributed by atoms with E-state index in [9.17, 15) is 0 Å². The van der Waals surface area contributed by atoms with Gasteiger partial charge in [0.2, 0.25) is 0 Å². The summed E-state index contributed by atoms with van der Waals surface area (Å²) in [6.07, 6.45) is 4.42. The van der Waals surface area contributed by atoms with Gasteiger partial charge in [-0.05, 0) is 74.7 Å². The average molecular weight is 329 g/mol. The summed E-state index contributed by atoms with van der Waals surface area (Å²) < 4.78 is 0. The summed E-state index contributed by atoms with van der Waals surface area (Å²) in [6, 6.07) is 14.9. The number of unbranched alkanes of at least 4 members (excludes halogenated alkanes) is 1. The van der Waals surface area contributed by atoms with Gasteiger partial charge in [-0.25, -0.2) is 0 Å². The van der Waals surface area contributed by atoms with Gasteiger partial charge in [0.05, 0.1) is 0 Å². The maximum absolute atomic E-state index is 6.41. The molecule has 0 amide bonds. The van der Waals surface area contributed by atoms with E-state index in [2.05, 4.69) is 53.1 Å². The van der Waals surface area contributed by atoms with Crippen LogP contribution in [0.5, 0.6) is 0 Å². The minimum absolute atomic E-state index is 0.0847. The summed E-state index contributed by atoms with van der Waals surface area (Å²) in [4.78, 5) is 0. The van der Waals surface area contributed by atoms with Crippen molar-refractivity contribution in [3.05, 3.63) is 48.0 Å². The fourth-order valence-electron chi connectivity index (χ4n) is 2.96. The molecule has 1 unspecified atom stereocenters. The Kier molecular flexibility index (Phi) is 8.77. The second-order valence-corrected chi connectivity index (χ2v) is 6.31. The van der Waals surface area contributed by atoms with Crippen LogP contribution in [0, 0.1) is 0 Å². The number of fused-ring (bicyclic) bond motifs is 1. The zero-order valence-corrected chi connectivity index (χ0v) is 14.6. The number of nitrogens with two attached hydrogens (primary N) is 2. The lowest BCUT2D eigenvalue weighted by molar-refractivity contribution is 0.547.